The third-order valence-electron chi connectivity index (χ3n) is 3.75. The molecule has 6 heteroatoms. The van der Waals surface area contributed by atoms with Crippen molar-refractivity contribution < 1.29 is 4.74 Å². The van der Waals surface area contributed by atoms with Gasteiger partial charge in [0.15, 0.2) is 5.16 Å². The summed E-state index contributed by atoms with van der Waals surface area (Å²) in [6.45, 7) is 1.47. The van der Waals surface area contributed by atoms with Crippen molar-refractivity contribution in [2.45, 2.75) is 24.1 Å². The first-order chi connectivity index (χ1) is 11.3. The van der Waals surface area contributed by atoms with Crippen LogP contribution >= 0.6 is 11.8 Å². The molecule has 0 amide bonds. The summed E-state index contributed by atoms with van der Waals surface area (Å²) >= 11 is 1.47. The molecular weight excluding hydrogens is 308 g/mol. The average Bonchev–Trinajstić information content (AvgIpc) is 3.13. The molecule has 5 nitrogen and oxygen atoms in total. The van der Waals surface area contributed by atoms with Crippen LogP contribution in [0.5, 0.6) is 0 Å². The molecule has 1 aliphatic rings. The third kappa shape index (κ3) is 3.63. The lowest BCUT2D eigenvalue weighted by Gasteiger charge is -2.14. The monoisotopic (exact) mass is 326 g/mol. The molecule has 1 aromatic carbocycles. The Bertz CT molecular complexity index is 709. The number of hydrogen-bond acceptors (Lipinski definition) is 6. The molecule has 0 saturated carbocycles. The van der Waals surface area contributed by atoms with Gasteiger partial charge in [0.1, 0.15) is 17.5 Å². The lowest BCUT2D eigenvalue weighted by molar-refractivity contribution is 0.120. The number of thioether (sulfide) groups is 1. The van der Waals surface area contributed by atoms with Crippen molar-refractivity contribution in [3.05, 3.63) is 35.9 Å². The van der Waals surface area contributed by atoms with Crippen LogP contribution in [0.4, 0.5) is 5.82 Å². The molecule has 1 N–H and O–H groups in total. The Hall–Kier alpha value is -2.10. The van der Waals surface area contributed by atoms with Crippen LogP contribution in [0.2, 0.25) is 0 Å². The lowest BCUT2D eigenvalue weighted by atomic mass is 10.1. The topological polar surface area (TPSA) is 70.8 Å². The predicted molar refractivity (Wildman–Crippen MR) is 91.4 cm³/mol. The van der Waals surface area contributed by atoms with Crippen LogP contribution in [0.25, 0.3) is 11.3 Å². The molecule has 0 aliphatic carbocycles. The minimum Gasteiger partial charge on any atom is -0.376 e. The van der Waals surface area contributed by atoms with E-state index in [1.54, 1.807) is 0 Å². The van der Waals surface area contributed by atoms with Crippen molar-refractivity contribution >= 4 is 17.6 Å². The number of aromatic nitrogens is 2. The second-order valence-corrected chi connectivity index (χ2v) is 6.05. The summed E-state index contributed by atoms with van der Waals surface area (Å²) in [7, 11) is 0. The van der Waals surface area contributed by atoms with E-state index in [2.05, 4.69) is 21.4 Å². The number of nitriles is 1. The fourth-order valence-electron chi connectivity index (χ4n) is 2.59. The molecule has 0 spiro atoms. The molecule has 1 aliphatic heterocycles. The predicted octanol–water partition coefficient (Wildman–Crippen LogP) is 3.33. The summed E-state index contributed by atoms with van der Waals surface area (Å²) in [5.74, 6) is 0.584. The van der Waals surface area contributed by atoms with E-state index in [-0.39, 0.29) is 6.10 Å². The number of nitrogens with zero attached hydrogens (tertiary/aromatic N) is 3. The first-order valence-electron chi connectivity index (χ1n) is 7.59. The van der Waals surface area contributed by atoms with Crippen LogP contribution in [0.3, 0.4) is 0 Å². The normalized spacial score (nSPS) is 17.0. The molecule has 23 heavy (non-hydrogen) atoms. The smallest absolute Gasteiger partial charge is 0.189 e. The fourth-order valence-corrected chi connectivity index (χ4v) is 2.95. The van der Waals surface area contributed by atoms with E-state index >= 15 is 0 Å². The number of rotatable bonds is 5. The minimum atomic E-state index is 0.189. The highest BCUT2D eigenvalue weighted by molar-refractivity contribution is 7.98. The lowest BCUT2D eigenvalue weighted by Crippen LogP contribution is -2.20. The summed E-state index contributed by atoms with van der Waals surface area (Å²) in [5, 5.41) is 13.5. The van der Waals surface area contributed by atoms with Gasteiger partial charge in [0, 0.05) is 18.7 Å². The molecule has 2 heterocycles. The van der Waals surface area contributed by atoms with Gasteiger partial charge in [-0.25, -0.2) is 9.97 Å². The molecule has 0 radical (unpaired) electrons. The van der Waals surface area contributed by atoms with E-state index in [9.17, 15) is 5.26 Å². The first-order valence-corrected chi connectivity index (χ1v) is 8.81. The van der Waals surface area contributed by atoms with Gasteiger partial charge in [-0.1, -0.05) is 42.1 Å². The van der Waals surface area contributed by atoms with Gasteiger partial charge in [0.25, 0.3) is 0 Å². The Morgan fingerprint density at radius 3 is 2.83 bits per heavy atom. The quantitative estimate of drug-likeness (QED) is 0.671. The average molecular weight is 326 g/mol. The van der Waals surface area contributed by atoms with Gasteiger partial charge in [-0.2, -0.15) is 5.26 Å². The van der Waals surface area contributed by atoms with Crippen LogP contribution in [0.15, 0.2) is 35.5 Å². The Labute approximate surface area is 140 Å². The van der Waals surface area contributed by atoms with E-state index in [1.165, 1.54) is 11.8 Å². The van der Waals surface area contributed by atoms with Gasteiger partial charge in [0.2, 0.25) is 0 Å². The molecule has 0 bridgehead atoms. The first kappa shape index (κ1) is 15.8. The van der Waals surface area contributed by atoms with E-state index in [0.29, 0.717) is 28.8 Å². The van der Waals surface area contributed by atoms with E-state index in [1.807, 2.05) is 36.6 Å². The van der Waals surface area contributed by atoms with Gasteiger partial charge < -0.3 is 10.1 Å². The molecular formula is C17H18N4OS. The molecule has 1 saturated heterocycles. The number of benzene rings is 1. The van der Waals surface area contributed by atoms with Crippen LogP contribution < -0.4 is 5.32 Å². The Morgan fingerprint density at radius 1 is 1.35 bits per heavy atom. The van der Waals surface area contributed by atoms with Crippen molar-refractivity contribution in [3.63, 3.8) is 0 Å². The molecule has 1 atom stereocenters. The Balaban J connectivity index is 1.95. The van der Waals surface area contributed by atoms with Crippen LogP contribution in [0.1, 0.15) is 18.4 Å². The molecule has 1 aromatic heterocycles. The minimum absolute atomic E-state index is 0.189. The van der Waals surface area contributed by atoms with Crippen molar-refractivity contribution in [2.75, 3.05) is 24.7 Å². The number of hydrogen-bond donors (Lipinski definition) is 1. The number of ether oxygens (including phenoxy) is 1. The summed E-state index contributed by atoms with van der Waals surface area (Å²) in [5.41, 5.74) is 2.07. The van der Waals surface area contributed by atoms with E-state index in [0.717, 1.165) is 25.0 Å². The van der Waals surface area contributed by atoms with E-state index < -0.39 is 0 Å². The maximum absolute atomic E-state index is 9.61. The summed E-state index contributed by atoms with van der Waals surface area (Å²) in [6, 6.07) is 12.0. The standard InChI is InChI=1S/C17H18N4OS/c1-23-17-20-15(12-6-3-2-4-7-12)14(10-18)16(21-17)19-11-13-8-5-9-22-13/h2-4,6-7,13H,5,8-9,11H2,1H3,(H,19,20,21)/t13-/m1/s1. The Kier molecular flexibility index (Phi) is 5.11. The third-order valence-corrected chi connectivity index (χ3v) is 4.30. The SMILES string of the molecule is CSc1nc(NC[C@H]2CCCO2)c(C#N)c(-c2ccccc2)n1. The second-order valence-electron chi connectivity index (χ2n) is 5.28. The van der Waals surface area contributed by atoms with Crippen molar-refractivity contribution in [1.82, 2.24) is 9.97 Å². The van der Waals surface area contributed by atoms with Gasteiger partial charge in [-0.05, 0) is 19.1 Å². The van der Waals surface area contributed by atoms with Crippen molar-refractivity contribution in [3.8, 4) is 17.3 Å². The van der Waals surface area contributed by atoms with Crippen LogP contribution in [-0.4, -0.2) is 35.5 Å². The van der Waals surface area contributed by atoms with Gasteiger partial charge in [0.05, 0.1) is 11.8 Å². The summed E-state index contributed by atoms with van der Waals surface area (Å²) < 4.78 is 5.63. The highest BCUT2D eigenvalue weighted by Gasteiger charge is 2.19. The zero-order chi connectivity index (χ0) is 16.1. The maximum atomic E-state index is 9.61. The van der Waals surface area contributed by atoms with Crippen molar-refractivity contribution in [1.29, 1.82) is 5.26 Å². The molecule has 1 fully saturated rings. The number of anilines is 1. The van der Waals surface area contributed by atoms with Gasteiger partial charge >= 0.3 is 0 Å². The Morgan fingerprint density at radius 2 is 2.17 bits per heavy atom. The zero-order valence-electron chi connectivity index (χ0n) is 13.0. The fraction of sp³-hybridized carbons (Fsp3) is 0.353. The van der Waals surface area contributed by atoms with E-state index in [4.69, 9.17) is 4.74 Å². The molecule has 0 unspecified atom stereocenters. The largest absolute Gasteiger partial charge is 0.376 e. The van der Waals surface area contributed by atoms with Crippen LogP contribution in [-0.2, 0) is 4.74 Å². The van der Waals surface area contributed by atoms with Crippen LogP contribution in [0, 0.1) is 11.3 Å². The zero-order valence-corrected chi connectivity index (χ0v) is 13.8. The highest BCUT2D eigenvalue weighted by atomic mass is 32.2. The molecule has 118 valence electrons. The summed E-state index contributed by atoms with van der Waals surface area (Å²) in [4.78, 5) is 9.00. The second kappa shape index (κ2) is 7.44. The summed E-state index contributed by atoms with van der Waals surface area (Å²) in [6.07, 6.45) is 4.25. The molecule has 3 rings (SSSR count). The number of nitrogens with one attached hydrogen (secondary N) is 1. The maximum Gasteiger partial charge on any atom is 0.189 e. The highest BCUT2D eigenvalue weighted by Crippen LogP contribution is 2.28. The van der Waals surface area contributed by atoms with Crippen molar-refractivity contribution in [2.24, 2.45) is 0 Å². The molecule has 2 aromatic rings. The van der Waals surface area contributed by atoms with Gasteiger partial charge in [-0.3, -0.25) is 0 Å². The van der Waals surface area contributed by atoms with Gasteiger partial charge in [-0.15, -0.1) is 0 Å².